The number of hydrogen-bond donors (Lipinski definition) is 2. The van der Waals surface area contributed by atoms with Crippen LogP contribution in [-0.4, -0.2) is 38.7 Å². The molecule has 1 heterocycles. The molecule has 82 valence electrons. The lowest BCUT2D eigenvalue weighted by Crippen LogP contribution is -2.12. The first-order valence-electron chi connectivity index (χ1n) is 3.67. The van der Waals surface area contributed by atoms with Crippen molar-refractivity contribution in [1.82, 2.24) is 10.2 Å². The normalized spacial score (nSPS) is 10.1. The minimum absolute atomic E-state index is 0.0465. The zero-order valence-electron chi connectivity index (χ0n) is 7.37. The molecule has 0 unspecified atom stereocenters. The minimum Gasteiger partial charge on any atom is -0.481 e. The van der Waals surface area contributed by atoms with Crippen LogP contribution in [0.25, 0.3) is 0 Å². The second kappa shape index (κ2) is 5.93. The Balaban J connectivity index is 2.41. The first kappa shape index (κ1) is 12.3. The van der Waals surface area contributed by atoms with Crippen LogP contribution in [0.5, 0.6) is 0 Å². The molecular weight excluding hydrogens is 258 g/mol. The van der Waals surface area contributed by atoms with E-state index >= 15 is 0 Å². The summed E-state index contributed by atoms with van der Waals surface area (Å²) >= 11 is 3.54. The average Bonchev–Trinajstić information content (AvgIpc) is 2.59. The summed E-state index contributed by atoms with van der Waals surface area (Å²) in [5.74, 6) is -1.22. The molecular formula is C6H7N3O3S3. The molecule has 0 aliphatic carbocycles. The smallest absolute Gasteiger partial charge is 0.313 e. The van der Waals surface area contributed by atoms with Gasteiger partial charge in [0.05, 0.1) is 11.5 Å². The molecule has 0 aliphatic rings. The van der Waals surface area contributed by atoms with E-state index in [1.165, 1.54) is 23.1 Å². The Morgan fingerprint density at radius 3 is 2.27 bits per heavy atom. The Labute approximate surface area is 97.6 Å². The van der Waals surface area contributed by atoms with E-state index in [4.69, 9.17) is 10.8 Å². The molecule has 0 spiro atoms. The Kier molecular flexibility index (Phi) is 4.85. The molecule has 0 aromatic carbocycles. The Hall–Kier alpha value is -0.800. The average molecular weight is 265 g/mol. The van der Waals surface area contributed by atoms with Gasteiger partial charge < -0.3 is 10.8 Å². The highest BCUT2D eigenvalue weighted by Crippen LogP contribution is 2.28. The molecule has 9 heteroatoms. The number of nitrogens with two attached hydrogens (primary N) is 1. The van der Waals surface area contributed by atoms with Crippen LogP contribution in [0.3, 0.4) is 0 Å². The molecule has 0 atom stereocenters. The van der Waals surface area contributed by atoms with Crippen molar-refractivity contribution in [3.05, 3.63) is 0 Å². The summed E-state index contributed by atoms with van der Waals surface area (Å²) < 4.78 is 1.19. The zero-order valence-corrected chi connectivity index (χ0v) is 9.82. The SMILES string of the molecule is NC(=O)CSc1nnc(SCC(=O)O)s1. The third-order valence-corrected chi connectivity index (χ3v) is 4.24. The van der Waals surface area contributed by atoms with Gasteiger partial charge >= 0.3 is 5.97 Å². The van der Waals surface area contributed by atoms with E-state index in [1.54, 1.807) is 0 Å². The van der Waals surface area contributed by atoms with E-state index in [-0.39, 0.29) is 11.5 Å². The maximum atomic E-state index is 10.5. The lowest BCUT2D eigenvalue weighted by Gasteiger charge is -1.89. The number of rotatable bonds is 6. The van der Waals surface area contributed by atoms with Crippen LogP contribution in [0.1, 0.15) is 0 Å². The summed E-state index contributed by atoms with van der Waals surface area (Å²) in [4.78, 5) is 20.7. The van der Waals surface area contributed by atoms with Crippen LogP contribution in [0.4, 0.5) is 0 Å². The summed E-state index contributed by atoms with van der Waals surface area (Å²) in [5, 5.41) is 16.0. The fourth-order valence-corrected chi connectivity index (χ4v) is 3.05. The second-order valence-electron chi connectivity index (χ2n) is 2.27. The topological polar surface area (TPSA) is 106 Å². The van der Waals surface area contributed by atoms with E-state index in [2.05, 4.69) is 10.2 Å². The zero-order chi connectivity index (χ0) is 11.3. The number of aromatic nitrogens is 2. The maximum Gasteiger partial charge on any atom is 0.313 e. The number of thioether (sulfide) groups is 2. The molecule has 6 nitrogen and oxygen atoms in total. The van der Waals surface area contributed by atoms with Crippen molar-refractivity contribution in [2.75, 3.05) is 11.5 Å². The summed E-state index contributed by atoms with van der Waals surface area (Å²) in [6.45, 7) is 0. The molecule has 0 saturated heterocycles. The number of carbonyl (C=O) groups excluding carboxylic acids is 1. The minimum atomic E-state index is -0.901. The first-order valence-corrected chi connectivity index (χ1v) is 6.46. The van der Waals surface area contributed by atoms with Crippen molar-refractivity contribution in [1.29, 1.82) is 0 Å². The molecule has 0 fully saturated rings. The number of carbonyl (C=O) groups is 2. The van der Waals surface area contributed by atoms with Crippen LogP contribution in [0.15, 0.2) is 8.68 Å². The van der Waals surface area contributed by atoms with Gasteiger partial charge in [-0.2, -0.15) is 0 Å². The second-order valence-corrected chi connectivity index (χ2v) is 5.69. The highest BCUT2D eigenvalue weighted by molar-refractivity contribution is 8.03. The van der Waals surface area contributed by atoms with Gasteiger partial charge in [-0.05, 0) is 0 Å². The largest absolute Gasteiger partial charge is 0.481 e. The molecule has 1 rings (SSSR count). The van der Waals surface area contributed by atoms with Crippen molar-refractivity contribution in [3.63, 3.8) is 0 Å². The molecule has 1 aromatic rings. The molecule has 3 N–H and O–H groups in total. The van der Waals surface area contributed by atoms with Crippen molar-refractivity contribution >= 4 is 46.7 Å². The van der Waals surface area contributed by atoms with Gasteiger partial charge in [0.1, 0.15) is 0 Å². The lowest BCUT2D eigenvalue weighted by atomic mass is 10.8. The van der Waals surface area contributed by atoms with Gasteiger partial charge in [0.2, 0.25) is 5.91 Å². The first-order chi connectivity index (χ1) is 7.08. The van der Waals surface area contributed by atoms with E-state index in [1.807, 2.05) is 0 Å². The molecule has 0 aliphatic heterocycles. The summed E-state index contributed by atoms with van der Waals surface area (Å²) in [6.07, 6.45) is 0. The van der Waals surface area contributed by atoms with Crippen molar-refractivity contribution in [2.45, 2.75) is 8.68 Å². The Morgan fingerprint density at radius 1 is 1.27 bits per heavy atom. The van der Waals surface area contributed by atoms with E-state index < -0.39 is 11.9 Å². The number of carboxylic acid groups (broad SMARTS) is 1. The Bertz CT molecular complexity index is 335. The quantitative estimate of drug-likeness (QED) is 0.712. The van der Waals surface area contributed by atoms with Gasteiger partial charge in [0.15, 0.2) is 8.68 Å². The van der Waals surface area contributed by atoms with Gasteiger partial charge in [-0.15, -0.1) is 10.2 Å². The standard InChI is InChI=1S/C6H7N3O3S3/c7-3(10)1-13-5-8-9-6(15-5)14-2-4(11)12/h1-2H2,(H2,7,10)(H,11,12). The predicted octanol–water partition coefficient (Wildman–Crippen LogP) is 0.292. The highest BCUT2D eigenvalue weighted by atomic mass is 32.2. The molecule has 1 amide bonds. The van der Waals surface area contributed by atoms with Gasteiger partial charge in [-0.25, -0.2) is 0 Å². The van der Waals surface area contributed by atoms with Gasteiger partial charge in [0.25, 0.3) is 0 Å². The monoisotopic (exact) mass is 265 g/mol. The molecule has 15 heavy (non-hydrogen) atoms. The van der Waals surface area contributed by atoms with Crippen molar-refractivity contribution in [2.24, 2.45) is 5.73 Å². The number of nitrogens with zero attached hydrogens (tertiary/aromatic N) is 2. The molecule has 0 bridgehead atoms. The lowest BCUT2D eigenvalue weighted by molar-refractivity contribution is -0.133. The fraction of sp³-hybridized carbons (Fsp3) is 0.333. The number of carboxylic acids is 1. The summed E-state index contributed by atoms with van der Waals surface area (Å²) in [5.41, 5.74) is 4.96. The highest BCUT2D eigenvalue weighted by Gasteiger charge is 2.08. The van der Waals surface area contributed by atoms with Crippen LogP contribution in [0.2, 0.25) is 0 Å². The van der Waals surface area contributed by atoms with Crippen LogP contribution in [-0.2, 0) is 9.59 Å². The third-order valence-electron chi connectivity index (χ3n) is 1.04. The molecule has 0 radical (unpaired) electrons. The van der Waals surface area contributed by atoms with E-state index in [9.17, 15) is 9.59 Å². The Morgan fingerprint density at radius 2 is 1.80 bits per heavy atom. The predicted molar refractivity (Wildman–Crippen MR) is 58.2 cm³/mol. The van der Waals surface area contributed by atoms with E-state index in [0.29, 0.717) is 8.68 Å². The number of aliphatic carboxylic acids is 1. The fourth-order valence-electron chi connectivity index (χ4n) is 0.570. The number of amides is 1. The molecule has 1 aromatic heterocycles. The van der Waals surface area contributed by atoms with Crippen LogP contribution < -0.4 is 5.73 Å². The maximum absolute atomic E-state index is 10.5. The van der Waals surface area contributed by atoms with Crippen LogP contribution in [0, 0.1) is 0 Å². The number of hydrogen-bond acceptors (Lipinski definition) is 7. The third kappa shape index (κ3) is 5.00. The van der Waals surface area contributed by atoms with Gasteiger partial charge in [-0.3, -0.25) is 9.59 Å². The van der Waals surface area contributed by atoms with Crippen molar-refractivity contribution in [3.8, 4) is 0 Å². The molecule has 0 saturated carbocycles. The van der Waals surface area contributed by atoms with Gasteiger partial charge in [-0.1, -0.05) is 34.9 Å². The summed E-state index contributed by atoms with van der Waals surface area (Å²) in [7, 11) is 0. The van der Waals surface area contributed by atoms with Gasteiger partial charge in [0, 0.05) is 0 Å². The van der Waals surface area contributed by atoms with Crippen molar-refractivity contribution < 1.29 is 14.7 Å². The van der Waals surface area contributed by atoms with E-state index in [0.717, 1.165) is 11.8 Å². The summed E-state index contributed by atoms with van der Waals surface area (Å²) in [6, 6.07) is 0. The van der Waals surface area contributed by atoms with Crippen LogP contribution >= 0.6 is 34.9 Å². The number of primary amides is 1.